The van der Waals surface area contributed by atoms with Gasteiger partial charge in [-0.15, -0.1) is 0 Å². The molecule has 1 aromatic heterocycles. The van der Waals surface area contributed by atoms with Crippen LogP contribution in [0.4, 0.5) is 0 Å². The highest BCUT2D eigenvalue weighted by Crippen LogP contribution is 2.35. The van der Waals surface area contributed by atoms with Crippen LogP contribution in [-0.2, 0) is 13.0 Å². The zero-order chi connectivity index (χ0) is 11.9. The fraction of sp³-hybridized carbons (Fsp3) is 0.357. The summed E-state index contributed by atoms with van der Waals surface area (Å²) < 4.78 is 8.06. The minimum Gasteiger partial charge on any atom is -0.491 e. The highest BCUT2D eigenvalue weighted by molar-refractivity contribution is 5.40. The van der Waals surface area contributed by atoms with Crippen molar-refractivity contribution in [2.75, 3.05) is 13.2 Å². The summed E-state index contributed by atoms with van der Waals surface area (Å²) in [5.41, 5.74) is 3.82. The molecule has 4 nitrogen and oxygen atoms in total. The molecule has 1 unspecified atom stereocenters. The van der Waals surface area contributed by atoms with E-state index in [4.69, 9.17) is 4.74 Å². The number of hydrogen-bond donors (Lipinski definition) is 1. The molecule has 0 amide bonds. The first kappa shape index (κ1) is 10.1. The molecule has 0 fully saturated rings. The van der Waals surface area contributed by atoms with Gasteiger partial charge >= 0.3 is 0 Å². The minimum atomic E-state index is 0.288. The van der Waals surface area contributed by atoms with Gasteiger partial charge in [0.05, 0.1) is 18.1 Å². The third kappa shape index (κ3) is 1.39. The van der Waals surface area contributed by atoms with Gasteiger partial charge in [0.15, 0.2) is 0 Å². The van der Waals surface area contributed by atoms with E-state index in [1.54, 1.807) is 0 Å². The Kier molecular flexibility index (Phi) is 2.17. The van der Waals surface area contributed by atoms with Gasteiger partial charge in [-0.3, -0.25) is 0 Å². The number of aromatic nitrogens is 2. The maximum Gasteiger partial charge on any atom is 0.124 e. The van der Waals surface area contributed by atoms with Crippen LogP contribution in [0.2, 0.25) is 0 Å². The average Bonchev–Trinajstić information content (AvgIpc) is 3.01. The van der Waals surface area contributed by atoms with Gasteiger partial charge in [0.2, 0.25) is 0 Å². The first-order valence-electron chi connectivity index (χ1n) is 6.40. The third-order valence-electron chi connectivity index (χ3n) is 3.82. The van der Waals surface area contributed by atoms with Crippen molar-refractivity contribution in [3.05, 3.63) is 47.5 Å². The van der Waals surface area contributed by atoms with E-state index in [1.807, 2.05) is 18.5 Å². The van der Waals surface area contributed by atoms with Crippen molar-refractivity contribution in [3.63, 3.8) is 0 Å². The van der Waals surface area contributed by atoms with E-state index in [1.165, 1.54) is 17.0 Å². The molecule has 0 saturated heterocycles. The van der Waals surface area contributed by atoms with E-state index in [-0.39, 0.29) is 6.04 Å². The van der Waals surface area contributed by atoms with Crippen molar-refractivity contribution in [2.45, 2.75) is 19.0 Å². The Labute approximate surface area is 106 Å². The molecule has 2 aromatic rings. The van der Waals surface area contributed by atoms with Crippen molar-refractivity contribution in [1.82, 2.24) is 14.9 Å². The lowest BCUT2D eigenvalue weighted by molar-refractivity contribution is 0.313. The van der Waals surface area contributed by atoms with Crippen molar-refractivity contribution >= 4 is 0 Å². The van der Waals surface area contributed by atoms with E-state index in [0.29, 0.717) is 0 Å². The molecular weight excluding hydrogens is 226 g/mol. The highest BCUT2D eigenvalue weighted by Gasteiger charge is 2.28. The summed E-state index contributed by atoms with van der Waals surface area (Å²) in [4.78, 5) is 4.52. The van der Waals surface area contributed by atoms with Crippen molar-refractivity contribution in [2.24, 2.45) is 0 Å². The maximum atomic E-state index is 5.76. The van der Waals surface area contributed by atoms with E-state index in [9.17, 15) is 0 Å². The summed E-state index contributed by atoms with van der Waals surface area (Å²) in [6.45, 7) is 2.64. The van der Waals surface area contributed by atoms with E-state index >= 15 is 0 Å². The fourth-order valence-corrected chi connectivity index (χ4v) is 2.90. The summed E-state index contributed by atoms with van der Waals surface area (Å²) >= 11 is 0. The lowest BCUT2D eigenvalue weighted by Crippen LogP contribution is -2.26. The monoisotopic (exact) mass is 241 g/mol. The predicted molar refractivity (Wildman–Crippen MR) is 67.7 cm³/mol. The molecule has 0 spiro atoms. The number of fused-ring (bicyclic) bond motifs is 2. The van der Waals surface area contributed by atoms with Crippen LogP contribution < -0.4 is 10.1 Å². The van der Waals surface area contributed by atoms with Crippen LogP contribution in [0.25, 0.3) is 0 Å². The second-order valence-electron chi connectivity index (χ2n) is 4.84. The van der Waals surface area contributed by atoms with Gasteiger partial charge in [-0.2, -0.15) is 0 Å². The molecule has 4 heteroatoms. The molecule has 1 N–H and O–H groups in total. The van der Waals surface area contributed by atoms with Crippen LogP contribution in [0.1, 0.15) is 23.0 Å². The summed E-state index contributed by atoms with van der Waals surface area (Å²) in [5, 5.41) is 3.36. The third-order valence-corrected chi connectivity index (χ3v) is 3.82. The molecule has 1 atom stereocenters. The number of para-hydroxylation sites is 1. The van der Waals surface area contributed by atoms with Crippen LogP contribution in [0.15, 0.2) is 30.6 Å². The second kappa shape index (κ2) is 3.85. The van der Waals surface area contributed by atoms with Crippen LogP contribution in [-0.4, -0.2) is 22.7 Å². The molecule has 0 saturated carbocycles. The maximum absolute atomic E-state index is 5.76. The second-order valence-corrected chi connectivity index (χ2v) is 4.84. The number of ether oxygens (including phenoxy) is 1. The standard InChI is InChI=1S/C14H15N3O/c1-2-4-14-10(3-1)13(8-18-14)17-9-16-11-7-15-6-5-12(11)17/h1-4,9,13,15H,5-8H2. The zero-order valence-electron chi connectivity index (χ0n) is 10.1. The quantitative estimate of drug-likeness (QED) is 0.822. The van der Waals surface area contributed by atoms with Gasteiger partial charge in [-0.05, 0) is 6.07 Å². The molecule has 92 valence electrons. The Hall–Kier alpha value is -1.81. The van der Waals surface area contributed by atoms with Crippen molar-refractivity contribution in [1.29, 1.82) is 0 Å². The SMILES string of the molecule is c1ccc2c(c1)OCC2n1cnc2c1CCNC2. The van der Waals surface area contributed by atoms with Crippen LogP contribution in [0.5, 0.6) is 5.75 Å². The van der Waals surface area contributed by atoms with Crippen LogP contribution in [0.3, 0.4) is 0 Å². The van der Waals surface area contributed by atoms with E-state index < -0.39 is 0 Å². The first-order valence-corrected chi connectivity index (χ1v) is 6.40. The van der Waals surface area contributed by atoms with Crippen molar-refractivity contribution in [3.8, 4) is 5.75 Å². The lowest BCUT2D eigenvalue weighted by atomic mass is 10.1. The Morgan fingerprint density at radius 1 is 1.33 bits per heavy atom. The smallest absolute Gasteiger partial charge is 0.124 e. The minimum absolute atomic E-state index is 0.288. The van der Waals surface area contributed by atoms with Gasteiger partial charge < -0.3 is 14.6 Å². The molecule has 0 radical (unpaired) electrons. The van der Waals surface area contributed by atoms with Gasteiger partial charge in [0.1, 0.15) is 12.4 Å². The number of rotatable bonds is 1. The molecular formula is C14H15N3O. The average molecular weight is 241 g/mol. The van der Waals surface area contributed by atoms with Gasteiger partial charge in [-0.1, -0.05) is 18.2 Å². The lowest BCUT2D eigenvalue weighted by Gasteiger charge is -2.18. The molecule has 0 bridgehead atoms. The topological polar surface area (TPSA) is 39.1 Å². The number of nitrogens with zero attached hydrogens (tertiary/aromatic N) is 2. The summed E-state index contributed by atoms with van der Waals surface area (Å²) in [7, 11) is 0. The highest BCUT2D eigenvalue weighted by atomic mass is 16.5. The molecule has 18 heavy (non-hydrogen) atoms. The number of nitrogens with one attached hydrogen (secondary N) is 1. The Morgan fingerprint density at radius 2 is 2.28 bits per heavy atom. The van der Waals surface area contributed by atoms with Gasteiger partial charge in [0, 0.05) is 30.8 Å². The number of imidazole rings is 1. The van der Waals surface area contributed by atoms with Gasteiger partial charge in [-0.25, -0.2) is 4.98 Å². The first-order chi connectivity index (χ1) is 8.93. The molecule has 2 aliphatic rings. The summed E-state index contributed by atoms with van der Waals surface area (Å²) in [6, 6.07) is 8.58. The van der Waals surface area contributed by atoms with E-state index in [0.717, 1.165) is 31.9 Å². The molecule has 3 heterocycles. The molecule has 4 rings (SSSR count). The molecule has 1 aromatic carbocycles. The summed E-state index contributed by atoms with van der Waals surface area (Å²) in [5.74, 6) is 1.01. The zero-order valence-corrected chi connectivity index (χ0v) is 10.1. The van der Waals surface area contributed by atoms with Crippen LogP contribution in [0, 0.1) is 0 Å². The molecule has 2 aliphatic heterocycles. The van der Waals surface area contributed by atoms with E-state index in [2.05, 4.69) is 27.0 Å². The fourth-order valence-electron chi connectivity index (χ4n) is 2.90. The molecule has 0 aliphatic carbocycles. The Balaban J connectivity index is 1.79. The number of hydrogen-bond acceptors (Lipinski definition) is 3. The van der Waals surface area contributed by atoms with Gasteiger partial charge in [0.25, 0.3) is 0 Å². The summed E-state index contributed by atoms with van der Waals surface area (Å²) in [6.07, 6.45) is 3.02. The Bertz CT molecular complexity index is 590. The van der Waals surface area contributed by atoms with Crippen LogP contribution >= 0.6 is 0 Å². The van der Waals surface area contributed by atoms with Crippen molar-refractivity contribution < 1.29 is 4.74 Å². The largest absolute Gasteiger partial charge is 0.491 e. The normalized spacial score (nSPS) is 21.2. The number of benzene rings is 1. The Morgan fingerprint density at radius 3 is 3.28 bits per heavy atom. The predicted octanol–water partition coefficient (Wildman–Crippen LogP) is 1.51.